The van der Waals surface area contributed by atoms with Gasteiger partial charge in [-0.2, -0.15) is 4.98 Å². The van der Waals surface area contributed by atoms with Gasteiger partial charge in [0, 0.05) is 11.1 Å². The van der Waals surface area contributed by atoms with Crippen LogP contribution in [0, 0.1) is 0 Å². The molecular weight excluding hydrogens is 287 g/mol. The van der Waals surface area contributed by atoms with Crippen molar-refractivity contribution in [2.75, 3.05) is 0 Å². The van der Waals surface area contributed by atoms with Crippen LogP contribution in [0.5, 0.6) is 0 Å². The molecule has 0 aliphatic heterocycles. The number of rotatable bonds is 3. The van der Waals surface area contributed by atoms with Gasteiger partial charge in [-0.3, -0.25) is 0 Å². The molecule has 0 saturated heterocycles. The molecule has 1 aromatic heterocycles. The number of nitrogens with zero attached hydrogens (tertiary/aromatic N) is 2. The minimum absolute atomic E-state index is 0.144. The first-order chi connectivity index (χ1) is 10.6. The van der Waals surface area contributed by atoms with Gasteiger partial charge in [0.2, 0.25) is 5.82 Å². The molecule has 0 bridgehead atoms. The van der Waals surface area contributed by atoms with Gasteiger partial charge in [0.05, 0.1) is 5.56 Å². The molecule has 1 aliphatic rings. The summed E-state index contributed by atoms with van der Waals surface area (Å²) in [6.45, 7) is 0. The normalized spacial score (nSPS) is 14.2. The number of carboxylic acid groups (broad SMARTS) is 1. The summed E-state index contributed by atoms with van der Waals surface area (Å²) in [7, 11) is 0. The lowest BCUT2D eigenvalue weighted by Crippen LogP contribution is -1.96. The SMILES string of the molecule is O=C(O)c1cccc(-c2noc(C3=CC=C(F)C=CC3)n2)c1. The largest absolute Gasteiger partial charge is 0.478 e. The Balaban J connectivity index is 1.93. The minimum Gasteiger partial charge on any atom is -0.478 e. The van der Waals surface area contributed by atoms with E-state index in [1.165, 1.54) is 24.3 Å². The summed E-state index contributed by atoms with van der Waals surface area (Å²) in [5.41, 5.74) is 1.38. The number of halogens is 1. The third kappa shape index (κ3) is 2.85. The molecule has 1 heterocycles. The van der Waals surface area contributed by atoms with Crippen molar-refractivity contribution in [2.24, 2.45) is 0 Å². The Morgan fingerprint density at radius 2 is 2.18 bits per heavy atom. The zero-order valence-corrected chi connectivity index (χ0v) is 11.4. The molecule has 0 fully saturated rings. The molecule has 0 saturated carbocycles. The van der Waals surface area contributed by atoms with Crippen LogP contribution in [-0.2, 0) is 0 Å². The maximum absolute atomic E-state index is 13.1. The van der Waals surface area contributed by atoms with E-state index >= 15 is 0 Å². The van der Waals surface area contributed by atoms with Crippen LogP contribution >= 0.6 is 0 Å². The van der Waals surface area contributed by atoms with E-state index in [4.69, 9.17) is 9.63 Å². The lowest BCUT2D eigenvalue weighted by atomic mass is 10.1. The number of benzene rings is 1. The molecule has 0 unspecified atom stereocenters. The van der Waals surface area contributed by atoms with Crippen molar-refractivity contribution in [3.8, 4) is 11.4 Å². The predicted molar refractivity (Wildman–Crippen MR) is 77.6 cm³/mol. The maximum Gasteiger partial charge on any atom is 0.335 e. The summed E-state index contributed by atoms with van der Waals surface area (Å²) in [5.74, 6) is -0.797. The molecule has 22 heavy (non-hydrogen) atoms. The molecule has 1 aromatic carbocycles. The average Bonchev–Trinajstić information content (AvgIpc) is 2.91. The summed E-state index contributed by atoms with van der Waals surface area (Å²) < 4.78 is 18.3. The monoisotopic (exact) mass is 298 g/mol. The molecule has 0 spiro atoms. The lowest BCUT2D eigenvalue weighted by Gasteiger charge is -1.97. The Hall–Kier alpha value is -3.02. The first-order valence-corrected chi connectivity index (χ1v) is 6.54. The lowest BCUT2D eigenvalue weighted by molar-refractivity contribution is 0.0697. The zero-order chi connectivity index (χ0) is 15.5. The third-order valence-electron chi connectivity index (χ3n) is 3.13. The van der Waals surface area contributed by atoms with Crippen molar-refractivity contribution in [1.82, 2.24) is 10.1 Å². The summed E-state index contributed by atoms with van der Waals surface area (Å²) in [5, 5.41) is 12.9. The van der Waals surface area contributed by atoms with Crippen LogP contribution in [0.4, 0.5) is 4.39 Å². The van der Waals surface area contributed by atoms with E-state index in [9.17, 15) is 9.18 Å². The van der Waals surface area contributed by atoms with Crippen LogP contribution in [-0.4, -0.2) is 21.2 Å². The van der Waals surface area contributed by atoms with E-state index in [-0.39, 0.29) is 23.1 Å². The molecule has 2 aromatic rings. The summed E-state index contributed by atoms with van der Waals surface area (Å²) >= 11 is 0. The zero-order valence-electron chi connectivity index (χ0n) is 11.4. The minimum atomic E-state index is -1.03. The van der Waals surface area contributed by atoms with Crippen molar-refractivity contribution in [1.29, 1.82) is 0 Å². The van der Waals surface area contributed by atoms with Crippen molar-refractivity contribution in [3.05, 3.63) is 65.9 Å². The van der Waals surface area contributed by atoms with Gasteiger partial charge in [-0.15, -0.1) is 0 Å². The van der Waals surface area contributed by atoms with Crippen LogP contribution < -0.4 is 0 Å². The quantitative estimate of drug-likeness (QED) is 0.936. The first-order valence-electron chi connectivity index (χ1n) is 6.54. The van der Waals surface area contributed by atoms with Gasteiger partial charge in [-0.05, 0) is 30.7 Å². The Morgan fingerprint density at radius 1 is 1.32 bits per heavy atom. The Bertz CT molecular complexity index is 818. The second-order valence-electron chi connectivity index (χ2n) is 4.66. The van der Waals surface area contributed by atoms with Gasteiger partial charge in [-0.25, -0.2) is 9.18 Å². The highest BCUT2D eigenvalue weighted by atomic mass is 19.1. The van der Waals surface area contributed by atoms with Crippen molar-refractivity contribution in [3.63, 3.8) is 0 Å². The highest BCUT2D eigenvalue weighted by Gasteiger charge is 2.14. The molecule has 0 atom stereocenters. The summed E-state index contributed by atoms with van der Waals surface area (Å²) in [4.78, 5) is 15.2. The summed E-state index contributed by atoms with van der Waals surface area (Å²) in [6, 6.07) is 6.26. The standard InChI is InChI=1S/C16H11FN2O3/c17-13-6-2-3-10(7-8-13)15-18-14(19-22-15)11-4-1-5-12(9-11)16(20)21/h1-2,4-9H,3H2,(H,20,21). The number of carbonyl (C=O) groups is 1. The first kappa shape index (κ1) is 13.9. The van der Waals surface area contributed by atoms with Crippen molar-refractivity contribution < 1.29 is 18.8 Å². The van der Waals surface area contributed by atoms with Gasteiger partial charge in [0.25, 0.3) is 5.89 Å². The topological polar surface area (TPSA) is 76.2 Å². The van der Waals surface area contributed by atoms with Gasteiger partial charge in [0.1, 0.15) is 5.83 Å². The molecule has 1 N–H and O–H groups in total. The molecular formula is C16H11FN2O3. The fraction of sp³-hybridized carbons (Fsp3) is 0.0625. The van der Waals surface area contributed by atoms with Gasteiger partial charge in [0.15, 0.2) is 0 Å². The van der Waals surface area contributed by atoms with Crippen LogP contribution in [0.2, 0.25) is 0 Å². The fourth-order valence-corrected chi connectivity index (χ4v) is 2.02. The summed E-state index contributed by atoms with van der Waals surface area (Å²) in [6.07, 6.45) is 6.42. The maximum atomic E-state index is 13.1. The Kier molecular flexibility index (Phi) is 3.65. The Labute approximate surface area is 125 Å². The van der Waals surface area contributed by atoms with E-state index in [1.54, 1.807) is 24.3 Å². The van der Waals surface area contributed by atoms with Gasteiger partial charge >= 0.3 is 5.97 Å². The molecule has 5 nitrogen and oxygen atoms in total. The number of aromatic nitrogens is 2. The number of allylic oxidation sites excluding steroid dienone is 6. The van der Waals surface area contributed by atoms with Crippen LogP contribution in [0.15, 0.2) is 58.9 Å². The van der Waals surface area contributed by atoms with E-state index < -0.39 is 5.97 Å². The molecule has 0 radical (unpaired) electrons. The molecule has 3 rings (SSSR count). The van der Waals surface area contributed by atoms with E-state index in [2.05, 4.69) is 10.1 Å². The number of carboxylic acids is 1. The Morgan fingerprint density at radius 3 is 3.00 bits per heavy atom. The second-order valence-corrected chi connectivity index (χ2v) is 4.66. The molecule has 110 valence electrons. The number of hydrogen-bond donors (Lipinski definition) is 1. The smallest absolute Gasteiger partial charge is 0.335 e. The van der Waals surface area contributed by atoms with Gasteiger partial charge < -0.3 is 9.63 Å². The van der Waals surface area contributed by atoms with Gasteiger partial charge in [-0.1, -0.05) is 29.4 Å². The van der Waals surface area contributed by atoms with Crippen molar-refractivity contribution in [2.45, 2.75) is 6.42 Å². The highest BCUT2D eigenvalue weighted by molar-refractivity contribution is 5.89. The van der Waals surface area contributed by atoms with Crippen molar-refractivity contribution >= 4 is 11.5 Å². The van der Waals surface area contributed by atoms with E-state index in [0.29, 0.717) is 17.6 Å². The van der Waals surface area contributed by atoms with Crippen LogP contribution in [0.25, 0.3) is 17.0 Å². The number of hydrogen-bond acceptors (Lipinski definition) is 4. The number of aromatic carboxylic acids is 1. The molecule has 6 heteroatoms. The molecule has 1 aliphatic carbocycles. The van der Waals surface area contributed by atoms with E-state index in [0.717, 1.165) is 0 Å². The predicted octanol–water partition coefficient (Wildman–Crippen LogP) is 3.63. The highest BCUT2D eigenvalue weighted by Crippen LogP contribution is 2.24. The van der Waals surface area contributed by atoms with Crippen LogP contribution in [0.3, 0.4) is 0 Å². The third-order valence-corrected chi connectivity index (χ3v) is 3.13. The van der Waals surface area contributed by atoms with E-state index in [1.807, 2.05) is 0 Å². The van der Waals surface area contributed by atoms with Crippen LogP contribution in [0.1, 0.15) is 22.7 Å². The molecule has 0 amide bonds. The second kappa shape index (κ2) is 5.77. The average molecular weight is 298 g/mol. The fourth-order valence-electron chi connectivity index (χ4n) is 2.02.